The van der Waals surface area contributed by atoms with E-state index < -0.39 is 5.97 Å². The molecular weight excluding hydrogens is 448 g/mol. The summed E-state index contributed by atoms with van der Waals surface area (Å²) in [5.74, 6) is -0.493. The summed E-state index contributed by atoms with van der Waals surface area (Å²) in [5, 5.41) is 6.11. The molecule has 36 heavy (non-hydrogen) atoms. The van der Waals surface area contributed by atoms with Crippen LogP contribution in [0.3, 0.4) is 0 Å². The van der Waals surface area contributed by atoms with Crippen molar-refractivity contribution >= 4 is 39.3 Å². The van der Waals surface area contributed by atoms with Crippen molar-refractivity contribution in [3.8, 4) is 0 Å². The van der Waals surface area contributed by atoms with E-state index in [1.807, 2.05) is 74.5 Å². The van der Waals surface area contributed by atoms with Gasteiger partial charge in [-0.05, 0) is 74.4 Å². The lowest BCUT2D eigenvalue weighted by atomic mass is 9.97. The normalized spacial score (nSPS) is 11.7. The van der Waals surface area contributed by atoms with Gasteiger partial charge in [0.15, 0.2) is 5.78 Å². The highest BCUT2D eigenvalue weighted by molar-refractivity contribution is 6.16. The van der Waals surface area contributed by atoms with Crippen LogP contribution >= 0.6 is 0 Å². The predicted molar refractivity (Wildman–Crippen MR) is 144 cm³/mol. The first-order valence-electron chi connectivity index (χ1n) is 12.0. The summed E-state index contributed by atoms with van der Waals surface area (Å²) in [5.41, 5.74) is 6.33. The Morgan fingerprint density at radius 3 is 2.06 bits per heavy atom. The van der Waals surface area contributed by atoms with Gasteiger partial charge in [-0.15, -0.1) is 0 Å². The topological polar surface area (TPSA) is 60.7 Å². The first-order valence-corrected chi connectivity index (χ1v) is 12.0. The van der Waals surface area contributed by atoms with Crippen molar-refractivity contribution in [2.75, 3.05) is 0 Å². The van der Waals surface area contributed by atoms with E-state index in [1.165, 1.54) is 0 Å². The SMILES string of the molecule is CCn1c2ccc(C(=O)c3ccccc3C)cc2c2cc(/C(C)=N/OC(=O)c3ccccc3)ccc21. The number of ketones is 1. The molecule has 0 aliphatic carbocycles. The molecule has 0 amide bonds. The first kappa shape index (κ1) is 23.2. The number of aryl methyl sites for hydroxylation is 2. The number of carbonyl (C=O) groups is 2. The molecule has 0 unspecified atom stereocenters. The number of carbonyl (C=O) groups excluding carboxylic acids is 2. The van der Waals surface area contributed by atoms with Crippen LogP contribution in [0, 0.1) is 6.92 Å². The average Bonchev–Trinajstić information content (AvgIpc) is 3.24. The Kier molecular flexibility index (Phi) is 6.21. The lowest BCUT2D eigenvalue weighted by molar-refractivity contribution is 0.0516. The summed E-state index contributed by atoms with van der Waals surface area (Å²) in [7, 11) is 0. The molecule has 0 fully saturated rings. The fourth-order valence-electron chi connectivity index (χ4n) is 4.58. The predicted octanol–water partition coefficient (Wildman–Crippen LogP) is 6.93. The van der Waals surface area contributed by atoms with E-state index in [0.29, 0.717) is 22.4 Å². The number of benzene rings is 4. The van der Waals surface area contributed by atoms with Gasteiger partial charge in [0.25, 0.3) is 0 Å². The number of nitrogens with zero attached hydrogens (tertiary/aromatic N) is 2. The van der Waals surface area contributed by atoms with Gasteiger partial charge in [-0.25, -0.2) is 4.79 Å². The standard InChI is InChI=1S/C31H26N2O3/c1-4-33-28-16-14-23(21(3)32-36-31(35)22-11-6-5-7-12-22)18-26(28)27-19-24(15-17-29(27)33)30(34)25-13-9-8-10-20(25)2/h5-19H,4H2,1-3H3/b32-21+. The second-order valence-corrected chi connectivity index (χ2v) is 8.77. The molecule has 5 rings (SSSR count). The molecule has 1 heterocycles. The molecular formula is C31H26N2O3. The number of aromatic nitrogens is 1. The summed E-state index contributed by atoms with van der Waals surface area (Å²) >= 11 is 0. The molecule has 0 saturated heterocycles. The minimum absolute atomic E-state index is 0.00844. The Balaban J connectivity index is 1.55. The molecule has 0 spiro atoms. The van der Waals surface area contributed by atoms with Crippen LogP contribution in [-0.4, -0.2) is 22.0 Å². The number of fused-ring (bicyclic) bond motifs is 3. The van der Waals surface area contributed by atoms with E-state index in [2.05, 4.69) is 22.7 Å². The monoisotopic (exact) mass is 474 g/mol. The van der Waals surface area contributed by atoms with Crippen LogP contribution in [0.15, 0.2) is 96.2 Å². The van der Waals surface area contributed by atoms with Gasteiger partial charge >= 0.3 is 5.97 Å². The molecule has 0 bridgehead atoms. The van der Waals surface area contributed by atoms with E-state index in [-0.39, 0.29) is 5.78 Å². The molecule has 5 nitrogen and oxygen atoms in total. The highest BCUT2D eigenvalue weighted by Crippen LogP contribution is 2.31. The van der Waals surface area contributed by atoms with Crippen molar-refractivity contribution in [3.63, 3.8) is 0 Å². The average molecular weight is 475 g/mol. The van der Waals surface area contributed by atoms with Crippen molar-refractivity contribution < 1.29 is 14.4 Å². The molecule has 0 aliphatic rings. The van der Waals surface area contributed by atoms with Gasteiger partial charge in [-0.2, -0.15) is 0 Å². The van der Waals surface area contributed by atoms with E-state index >= 15 is 0 Å². The van der Waals surface area contributed by atoms with Crippen LogP contribution in [0.2, 0.25) is 0 Å². The molecule has 0 radical (unpaired) electrons. The van der Waals surface area contributed by atoms with Crippen LogP contribution in [0.4, 0.5) is 0 Å². The number of oxime groups is 1. The van der Waals surface area contributed by atoms with Gasteiger partial charge in [0, 0.05) is 39.5 Å². The van der Waals surface area contributed by atoms with Gasteiger partial charge < -0.3 is 9.40 Å². The van der Waals surface area contributed by atoms with Gasteiger partial charge in [0.2, 0.25) is 0 Å². The Morgan fingerprint density at radius 1 is 0.778 bits per heavy atom. The third-order valence-corrected chi connectivity index (χ3v) is 6.53. The van der Waals surface area contributed by atoms with Gasteiger partial charge in [-0.3, -0.25) is 4.79 Å². The lowest BCUT2D eigenvalue weighted by Gasteiger charge is -2.06. The fourth-order valence-corrected chi connectivity index (χ4v) is 4.58. The zero-order valence-electron chi connectivity index (χ0n) is 20.5. The molecule has 178 valence electrons. The van der Waals surface area contributed by atoms with E-state index in [0.717, 1.165) is 39.5 Å². The maximum atomic E-state index is 13.3. The van der Waals surface area contributed by atoms with Crippen LogP contribution in [0.5, 0.6) is 0 Å². The minimum Gasteiger partial charge on any atom is -0.341 e. The van der Waals surface area contributed by atoms with E-state index in [9.17, 15) is 9.59 Å². The molecule has 5 heteroatoms. The van der Waals surface area contributed by atoms with Crippen LogP contribution in [0.1, 0.15) is 51.3 Å². The lowest BCUT2D eigenvalue weighted by Crippen LogP contribution is -2.03. The summed E-state index contributed by atoms with van der Waals surface area (Å²) in [4.78, 5) is 30.8. The largest absolute Gasteiger partial charge is 0.365 e. The second kappa shape index (κ2) is 9.62. The minimum atomic E-state index is -0.502. The Hall–Kier alpha value is -4.51. The zero-order valence-corrected chi connectivity index (χ0v) is 20.5. The van der Waals surface area contributed by atoms with Crippen LogP contribution in [0.25, 0.3) is 21.8 Å². The van der Waals surface area contributed by atoms with Crippen molar-refractivity contribution in [2.24, 2.45) is 5.16 Å². The first-order chi connectivity index (χ1) is 17.5. The maximum absolute atomic E-state index is 13.3. The van der Waals surface area contributed by atoms with Gasteiger partial charge in [-0.1, -0.05) is 53.7 Å². The molecule has 0 saturated carbocycles. The summed E-state index contributed by atoms with van der Waals surface area (Å²) in [6.45, 7) is 6.67. The molecule has 1 aromatic heterocycles. The zero-order chi connectivity index (χ0) is 25.2. The fraction of sp³-hybridized carbons (Fsp3) is 0.129. The molecule has 4 aromatic carbocycles. The molecule has 0 aliphatic heterocycles. The summed E-state index contributed by atoms with van der Waals surface area (Å²) in [6, 6.07) is 28.4. The smallest absolute Gasteiger partial charge is 0.341 e. The quantitative estimate of drug-likeness (QED) is 0.116. The van der Waals surface area contributed by atoms with Gasteiger partial charge in [0.1, 0.15) is 0 Å². The van der Waals surface area contributed by atoms with Crippen molar-refractivity contribution in [1.82, 2.24) is 4.57 Å². The highest BCUT2D eigenvalue weighted by Gasteiger charge is 2.16. The van der Waals surface area contributed by atoms with Crippen molar-refractivity contribution in [2.45, 2.75) is 27.3 Å². The number of hydrogen-bond donors (Lipinski definition) is 0. The third-order valence-electron chi connectivity index (χ3n) is 6.53. The summed E-state index contributed by atoms with van der Waals surface area (Å²) in [6.07, 6.45) is 0. The van der Waals surface area contributed by atoms with E-state index in [1.54, 1.807) is 24.3 Å². The second-order valence-electron chi connectivity index (χ2n) is 8.77. The Labute approximate surface area is 209 Å². The van der Waals surface area contributed by atoms with Crippen LogP contribution < -0.4 is 0 Å². The molecule has 5 aromatic rings. The third kappa shape index (κ3) is 4.20. The Morgan fingerprint density at radius 2 is 1.39 bits per heavy atom. The van der Waals surface area contributed by atoms with Crippen LogP contribution in [-0.2, 0) is 11.4 Å². The number of rotatable bonds is 6. The highest BCUT2D eigenvalue weighted by atomic mass is 16.7. The van der Waals surface area contributed by atoms with E-state index in [4.69, 9.17) is 4.84 Å². The Bertz CT molecular complexity index is 1650. The summed E-state index contributed by atoms with van der Waals surface area (Å²) < 4.78 is 2.23. The molecule has 0 atom stereocenters. The van der Waals surface area contributed by atoms with Crippen molar-refractivity contribution in [1.29, 1.82) is 0 Å². The van der Waals surface area contributed by atoms with Gasteiger partial charge in [0.05, 0.1) is 11.3 Å². The van der Waals surface area contributed by atoms with Crippen molar-refractivity contribution in [3.05, 3.63) is 119 Å². The molecule has 0 N–H and O–H groups in total. The number of hydrogen-bond acceptors (Lipinski definition) is 4. The maximum Gasteiger partial charge on any atom is 0.365 e.